The molecule has 0 heterocycles. The Morgan fingerprint density at radius 3 is 1.34 bits per heavy atom. The number of carbonyl (C=O) groups excluding carboxylic acids is 1. The summed E-state index contributed by atoms with van der Waals surface area (Å²) in [7, 11) is 0. The largest absolute Gasteiger partial charge is 0.394 e. The summed E-state index contributed by atoms with van der Waals surface area (Å²) in [4.78, 5) is 14.6. The standard InChI is InChI=1S/C36H75N3O20/c1-3-24(42)30(48)32(50)26(44)19-39(20-27(45)33(51)35(53)29(47)22-41)8-5-6-23(38-18-25(43)31(49)34(52)28(46)21-40)36(54)37-7-9-56-12-13-58-16-17-59-15-14-57-11-10-55-4-2/h23-35,38,40-53H,3-22H2,1-2H3,(H,37,54)/t23?,24-,25+,26+,27+,28-,29-,30-,31-,32-,33-,34-,35-/m1/s1. The molecule has 0 saturated carbocycles. The Balaban J connectivity index is 5.42. The number of amides is 1. The number of rotatable bonds is 40. The molecule has 0 fully saturated rings. The zero-order valence-electron chi connectivity index (χ0n) is 34.3. The zero-order chi connectivity index (χ0) is 44.8. The number of carbonyl (C=O) groups is 1. The van der Waals surface area contributed by atoms with Gasteiger partial charge in [-0.2, -0.15) is 0 Å². The average Bonchev–Trinajstić information content (AvgIpc) is 3.24. The van der Waals surface area contributed by atoms with Gasteiger partial charge in [-0.25, -0.2) is 0 Å². The van der Waals surface area contributed by atoms with Crippen molar-refractivity contribution < 1.29 is 100.0 Å². The van der Waals surface area contributed by atoms with Gasteiger partial charge in [0, 0.05) is 32.8 Å². The van der Waals surface area contributed by atoms with Crippen molar-refractivity contribution in [3.05, 3.63) is 0 Å². The molecule has 0 aromatic rings. The van der Waals surface area contributed by atoms with E-state index in [4.69, 9.17) is 33.9 Å². The van der Waals surface area contributed by atoms with Crippen LogP contribution in [-0.4, -0.2) is 274 Å². The molecule has 13 atom stereocenters. The molecule has 0 aromatic carbocycles. The summed E-state index contributed by atoms with van der Waals surface area (Å²) in [6.45, 7) is 3.89. The Morgan fingerprint density at radius 2 is 0.915 bits per heavy atom. The number of aliphatic hydroxyl groups excluding tert-OH is 14. The molecule has 1 amide bonds. The van der Waals surface area contributed by atoms with Crippen molar-refractivity contribution in [2.45, 2.75) is 112 Å². The molecule has 0 saturated heterocycles. The molecule has 0 aliphatic heterocycles. The molecule has 16 N–H and O–H groups in total. The molecule has 0 rings (SSSR count). The summed E-state index contributed by atoms with van der Waals surface area (Å²) in [6, 6.07) is -1.09. The molecular weight excluding hydrogens is 794 g/mol. The second kappa shape index (κ2) is 35.1. The minimum Gasteiger partial charge on any atom is -0.394 e. The first kappa shape index (κ1) is 57.6. The first-order valence-electron chi connectivity index (χ1n) is 20.1. The van der Waals surface area contributed by atoms with Gasteiger partial charge in [-0.1, -0.05) is 6.92 Å². The summed E-state index contributed by atoms with van der Waals surface area (Å²) in [5.41, 5.74) is 0. The summed E-state index contributed by atoms with van der Waals surface area (Å²) in [5, 5.41) is 146. The number of aliphatic hydroxyl groups is 14. The van der Waals surface area contributed by atoms with Gasteiger partial charge in [-0.3, -0.25) is 9.69 Å². The Hall–Kier alpha value is -1.37. The molecule has 0 spiro atoms. The summed E-state index contributed by atoms with van der Waals surface area (Å²) < 4.78 is 26.9. The lowest BCUT2D eigenvalue weighted by atomic mass is 9.99. The highest BCUT2D eigenvalue weighted by Gasteiger charge is 2.35. The summed E-state index contributed by atoms with van der Waals surface area (Å²) in [5.74, 6) is -0.586. The molecular formula is C36H75N3O20. The van der Waals surface area contributed by atoms with Crippen molar-refractivity contribution in [3.8, 4) is 0 Å². The molecule has 59 heavy (non-hydrogen) atoms. The van der Waals surface area contributed by atoms with E-state index in [2.05, 4.69) is 10.6 Å². The maximum absolute atomic E-state index is 13.3. The third kappa shape index (κ3) is 25.4. The van der Waals surface area contributed by atoms with Gasteiger partial charge in [-0.05, 0) is 32.7 Å². The predicted molar refractivity (Wildman–Crippen MR) is 207 cm³/mol. The van der Waals surface area contributed by atoms with Gasteiger partial charge in [-0.15, -0.1) is 0 Å². The molecule has 0 aliphatic carbocycles. The van der Waals surface area contributed by atoms with Crippen molar-refractivity contribution in [1.82, 2.24) is 15.5 Å². The van der Waals surface area contributed by atoms with Crippen LogP contribution in [0.5, 0.6) is 0 Å². The molecule has 0 aliphatic rings. The van der Waals surface area contributed by atoms with E-state index < -0.39 is 118 Å². The van der Waals surface area contributed by atoms with Gasteiger partial charge in [0.15, 0.2) is 0 Å². The molecule has 23 heteroatoms. The van der Waals surface area contributed by atoms with E-state index in [0.717, 1.165) is 0 Å². The maximum Gasteiger partial charge on any atom is 0.237 e. The Bertz CT molecular complexity index is 970. The first-order chi connectivity index (χ1) is 28.1. The minimum absolute atomic E-state index is 0.0243. The van der Waals surface area contributed by atoms with Crippen LogP contribution in [0.4, 0.5) is 0 Å². The minimum atomic E-state index is -1.98. The second-order valence-corrected chi connectivity index (χ2v) is 13.9. The summed E-state index contributed by atoms with van der Waals surface area (Å²) >= 11 is 0. The van der Waals surface area contributed by atoms with Crippen LogP contribution < -0.4 is 10.6 Å². The third-order valence-corrected chi connectivity index (χ3v) is 9.19. The van der Waals surface area contributed by atoms with Crippen LogP contribution in [0.3, 0.4) is 0 Å². The SMILES string of the molecule is CCOCCOCCOCCOCCOCCNC(=O)C(CCCN(C[C@H](O)[C@@H](O)[C@H](O)[C@H](O)CC)C[C@H](O)[C@@H](O)[C@H](O)[C@H](O)CO)NC[C@H](O)[C@@H](O)[C@H](O)[C@H](O)CO. The first-order valence-corrected chi connectivity index (χ1v) is 20.1. The quantitative estimate of drug-likeness (QED) is 0.0254. The van der Waals surface area contributed by atoms with E-state index in [-0.39, 0.29) is 52.2 Å². The molecule has 0 aromatic heterocycles. The van der Waals surface area contributed by atoms with E-state index >= 15 is 0 Å². The van der Waals surface area contributed by atoms with Gasteiger partial charge in [0.2, 0.25) is 5.91 Å². The van der Waals surface area contributed by atoms with Crippen molar-refractivity contribution >= 4 is 5.91 Å². The smallest absolute Gasteiger partial charge is 0.237 e. The van der Waals surface area contributed by atoms with E-state index in [1.54, 1.807) is 0 Å². The van der Waals surface area contributed by atoms with Gasteiger partial charge in [0.05, 0.1) is 103 Å². The van der Waals surface area contributed by atoms with Gasteiger partial charge >= 0.3 is 0 Å². The highest BCUT2D eigenvalue weighted by Crippen LogP contribution is 2.13. The Labute approximate surface area is 345 Å². The normalized spacial score (nSPS) is 18.9. The zero-order valence-corrected chi connectivity index (χ0v) is 34.3. The number of hydrogen-bond donors (Lipinski definition) is 16. The lowest BCUT2D eigenvalue weighted by Crippen LogP contribution is -2.53. The van der Waals surface area contributed by atoms with Crippen LogP contribution >= 0.6 is 0 Å². The van der Waals surface area contributed by atoms with Crippen LogP contribution in [0.25, 0.3) is 0 Å². The van der Waals surface area contributed by atoms with Gasteiger partial charge < -0.3 is 106 Å². The molecule has 0 radical (unpaired) electrons. The molecule has 1 unspecified atom stereocenters. The fourth-order valence-electron chi connectivity index (χ4n) is 5.45. The van der Waals surface area contributed by atoms with Crippen LogP contribution in [0.1, 0.15) is 33.1 Å². The number of nitrogens with zero attached hydrogens (tertiary/aromatic N) is 1. The Morgan fingerprint density at radius 1 is 0.525 bits per heavy atom. The molecule has 23 nitrogen and oxygen atoms in total. The fraction of sp³-hybridized carbons (Fsp3) is 0.972. The van der Waals surface area contributed by atoms with Crippen LogP contribution in [0.15, 0.2) is 0 Å². The van der Waals surface area contributed by atoms with Crippen LogP contribution in [0.2, 0.25) is 0 Å². The predicted octanol–water partition coefficient (Wildman–Crippen LogP) is -8.03. The van der Waals surface area contributed by atoms with Crippen LogP contribution in [-0.2, 0) is 28.5 Å². The topological polar surface area (TPSA) is 374 Å². The Kier molecular flexibility index (Phi) is 34.3. The van der Waals surface area contributed by atoms with Crippen molar-refractivity contribution in [2.24, 2.45) is 0 Å². The second-order valence-electron chi connectivity index (χ2n) is 13.9. The highest BCUT2D eigenvalue weighted by atomic mass is 16.6. The molecule has 354 valence electrons. The van der Waals surface area contributed by atoms with E-state index in [1.807, 2.05) is 6.92 Å². The van der Waals surface area contributed by atoms with E-state index in [1.165, 1.54) is 11.8 Å². The number of ether oxygens (including phenoxy) is 5. The van der Waals surface area contributed by atoms with Gasteiger partial charge in [0.1, 0.15) is 48.8 Å². The van der Waals surface area contributed by atoms with E-state index in [9.17, 15) is 66.1 Å². The monoisotopic (exact) mass is 869 g/mol. The highest BCUT2D eigenvalue weighted by molar-refractivity contribution is 5.81. The fourth-order valence-corrected chi connectivity index (χ4v) is 5.45. The van der Waals surface area contributed by atoms with Crippen LogP contribution in [0, 0.1) is 0 Å². The van der Waals surface area contributed by atoms with Crippen molar-refractivity contribution in [2.75, 3.05) is 112 Å². The number of hydrogen-bond acceptors (Lipinski definition) is 22. The maximum atomic E-state index is 13.3. The molecule has 0 bridgehead atoms. The third-order valence-electron chi connectivity index (χ3n) is 9.19. The van der Waals surface area contributed by atoms with E-state index in [0.29, 0.717) is 46.2 Å². The van der Waals surface area contributed by atoms with Crippen molar-refractivity contribution in [1.29, 1.82) is 0 Å². The lowest BCUT2D eigenvalue weighted by molar-refractivity contribution is -0.128. The van der Waals surface area contributed by atoms with Gasteiger partial charge in [0.25, 0.3) is 0 Å². The van der Waals surface area contributed by atoms with Crippen molar-refractivity contribution in [3.63, 3.8) is 0 Å². The lowest BCUT2D eigenvalue weighted by Gasteiger charge is -2.34. The summed E-state index contributed by atoms with van der Waals surface area (Å²) in [6.07, 6.45) is -21.4. The average molecular weight is 870 g/mol. The number of nitrogens with one attached hydrogen (secondary N) is 2.